The van der Waals surface area contributed by atoms with Gasteiger partial charge in [-0.15, -0.1) is 0 Å². The van der Waals surface area contributed by atoms with Crippen LogP contribution >= 0.6 is 15.9 Å². The van der Waals surface area contributed by atoms with Crippen LogP contribution in [0.25, 0.3) is 0 Å². The average Bonchev–Trinajstić information content (AvgIpc) is 2.12. The standard InChI is InChI=1S/C10H13Br.C2H6/c1-8(2)7-9-3-5-10(11)6-4-9;1-2/h3-6,8H,7H2,1-2H3;1-2H3. The molecule has 0 atom stereocenters. The summed E-state index contributed by atoms with van der Waals surface area (Å²) < 4.78 is 1.16. The van der Waals surface area contributed by atoms with E-state index in [0.717, 1.165) is 10.4 Å². The Morgan fingerprint density at radius 1 is 1.08 bits per heavy atom. The molecule has 0 aromatic heterocycles. The van der Waals surface area contributed by atoms with Crippen LogP contribution in [0.4, 0.5) is 0 Å². The highest BCUT2D eigenvalue weighted by molar-refractivity contribution is 9.10. The molecule has 0 heterocycles. The van der Waals surface area contributed by atoms with E-state index < -0.39 is 0 Å². The SMILES string of the molecule is CC.CC(C)Cc1ccc(Br)cc1. The van der Waals surface area contributed by atoms with Crippen molar-refractivity contribution >= 4 is 15.9 Å². The van der Waals surface area contributed by atoms with E-state index in [2.05, 4.69) is 54.0 Å². The first-order chi connectivity index (χ1) is 6.18. The largest absolute Gasteiger partial charge is 0.0683 e. The third-order valence-electron chi connectivity index (χ3n) is 1.56. The number of benzene rings is 1. The highest BCUT2D eigenvalue weighted by atomic mass is 79.9. The highest BCUT2D eigenvalue weighted by Crippen LogP contribution is 2.13. The van der Waals surface area contributed by atoms with Crippen LogP contribution in [0.2, 0.25) is 0 Å². The van der Waals surface area contributed by atoms with E-state index >= 15 is 0 Å². The highest BCUT2D eigenvalue weighted by Gasteiger charge is 1.95. The number of hydrogen-bond donors (Lipinski definition) is 0. The second-order valence-electron chi connectivity index (χ2n) is 3.22. The molecule has 0 spiro atoms. The second-order valence-corrected chi connectivity index (χ2v) is 4.14. The summed E-state index contributed by atoms with van der Waals surface area (Å²) in [4.78, 5) is 0. The first kappa shape index (κ1) is 12.7. The average molecular weight is 243 g/mol. The Morgan fingerprint density at radius 2 is 1.54 bits per heavy atom. The molecule has 0 aliphatic carbocycles. The Hall–Kier alpha value is -0.300. The van der Waals surface area contributed by atoms with Crippen LogP contribution in [0.15, 0.2) is 28.7 Å². The van der Waals surface area contributed by atoms with Crippen LogP contribution in [0, 0.1) is 5.92 Å². The fourth-order valence-corrected chi connectivity index (χ4v) is 1.36. The molecule has 0 saturated heterocycles. The zero-order valence-electron chi connectivity index (χ0n) is 8.97. The van der Waals surface area contributed by atoms with Gasteiger partial charge in [-0.2, -0.15) is 0 Å². The molecule has 0 N–H and O–H groups in total. The lowest BCUT2D eigenvalue weighted by Gasteiger charge is -2.03. The minimum Gasteiger partial charge on any atom is -0.0683 e. The second kappa shape index (κ2) is 7.14. The first-order valence-electron chi connectivity index (χ1n) is 4.93. The first-order valence-corrected chi connectivity index (χ1v) is 5.72. The maximum atomic E-state index is 3.41. The molecule has 0 fully saturated rings. The normalized spacial score (nSPS) is 9.38. The molecule has 0 amide bonds. The molecule has 1 aromatic carbocycles. The molecule has 0 aliphatic rings. The van der Waals surface area contributed by atoms with Crippen LogP contribution in [0.5, 0.6) is 0 Å². The minimum absolute atomic E-state index is 0.746. The topological polar surface area (TPSA) is 0 Å². The predicted octanol–water partition coefficient (Wildman–Crippen LogP) is 4.67. The quantitative estimate of drug-likeness (QED) is 0.707. The molecule has 0 bridgehead atoms. The molecule has 74 valence electrons. The molecule has 0 saturated carbocycles. The molecule has 1 rings (SSSR count). The van der Waals surface area contributed by atoms with E-state index in [0.29, 0.717) is 0 Å². The maximum Gasteiger partial charge on any atom is 0.0175 e. The van der Waals surface area contributed by atoms with Crippen LogP contribution in [0.3, 0.4) is 0 Å². The van der Waals surface area contributed by atoms with E-state index in [9.17, 15) is 0 Å². The van der Waals surface area contributed by atoms with Gasteiger partial charge in [0.05, 0.1) is 0 Å². The van der Waals surface area contributed by atoms with E-state index in [1.807, 2.05) is 13.8 Å². The van der Waals surface area contributed by atoms with Gasteiger partial charge in [-0.25, -0.2) is 0 Å². The summed E-state index contributed by atoms with van der Waals surface area (Å²) in [7, 11) is 0. The van der Waals surface area contributed by atoms with Crippen molar-refractivity contribution in [1.29, 1.82) is 0 Å². The molecule has 0 aliphatic heterocycles. The molecule has 13 heavy (non-hydrogen) atoms. The van der Waals surface area contributed by atoms with Gasteiger partial charge in [-0.3, -0.25) is 0 Å². The fourth-order valence-electron chi connectivity index (χ4n) is 1.09. The van der Waals surface area contributed by atoms with E-state index in [-0.39, 0.29) is 0 Å². The van der Waals surface area contributed by atoms with Gasteiger partial charge in [0.2, 0.25) is 0 Å². The summed E-state index contributed by atoms with van der Waals surface area (Å²) in [6.07, 6.45) is 1.17. The summed E-state index contributed by atoms with van der Waals surface area (Å²) in [5, 5.41) is 0. The summed E-state index contributed by atoms with van der Waals surface area (Å²) in [6, 6.07) is 8.53. The van der Waals surface area contributed by atoms with Gasteiger partial charge >= 0.3 is 0 Å². The third-order valence-corrected chi connectivity index (χ3v) is 2.09. The van der Waals surface area contributed by atoms with Crippen LogP contribution in [-0.2, 0) is 6.42 Å². The summed E-state index contributed by atoms with van der Waals surface area (Å²) in [6.45, 7) is 8.48. The molecular formula is C12H19Br. The Morgan fingerprint density at radius 3 is 1.92 bits per heavy atom. The van der Waals surface area contributed by atoms with Crippen molar-refractivity contribution in [2.75, 3.05) is 0 Å². The van der Waals surface area contributed by atoms with E-state index in [1.54, 1.807) is 0 Å². The summed E-state index contributed by atoms with van der Waals surface area (Å²) in [5.41, 5.74) is 1.42. The van der Waals surface area contributed by atoms with Crippen molar-refractivity contribution in [2.24, 2.45) is 5.92 Å². The number of rotatable bonds is 2. The van der Waals surface area contributed by atoms with Gasteiger partial charge in [0.15, 0.2) is 0 Å². The van der Waals surface area contributed by atoms with Crippen molar-refractivity contribution in [1.82, 2.24) is 0 Å². The lowest BCUT2D eigenvalue weighted by Crippen LogP contribution is -1.92. The zero-order valence-corrected chi connectivity index (χ0v) is 10.6. The van der Waals surface area contributed by atoms with Crippen LogP contribution < -0.4 is 0 Å². The lowest BCUT2D eigenvalue weighted by atomic mass is 10.0. The Kier molecular flexibility index (Phi) is 6.97. The van der Waals surface area contributed by atoms with Gasteiger partial charge < -0.3 is 0 Å². The lowest BCUT2D eigenvalue weighted by molar-refractivity contribution is 0.647. The Bertz CT molecular complexity index is 211. The van der Waals surface area contributed by atoms with E-state index in [4.69, 9.17) is 0 Å². The Labute approximate surface area is 90.5 Å². The Balaban J connectivity index is 0.000000671. The molecule has 1 aromatic rings. The predicted molar refractivity (Wildman–Crippen MR) is 64.0 cm³/mol. The smallest absolute Gasteiger partial charge is 0.0175 e. The monoisotopic (exact) mass is 242 g/mol. The van der Waals surface area contributed by atoms with Crippen molar-refractivity contribution in [2.45, 2.75) is 34.1 Å². The third kappa shape index (κ3) is 5.87. The van der Waals surface area contributed by atoms with Gasteiger partial charge in [0.1, 0.15) is 0 Å². The van der Waals surface area contributed by atoms with Gasteiger partial charge in [0, 0.05) is 4.47 Å². The van der Waals surface area contributed by atoms with Crippen molar-refractivity contribution in [3.05, 3.63) is 34.3 Å². The minimum atomic E-state index is 0.746. The van der Waals surface area contributed by atoms with Crippen LogP contribution in [0.1, 0.15) is 33.3 Å². The molecule has 0 unspecified atom stereocenters. The molecular weight excluding hydrogens is 224 g/mol. The van der Waals surface area contributed by atoms with Crippen molar-refractivity contribution < 1.29 is 0 Å². The van der Waals surface area contributed by atoms with Gasteiger partial charge in [0.25, 0.3) is 0 Å². The maximum absolute atomic E-state index is 3.41. The molecule has 1 heteroatoms. The van der Waals surface area contributed by atoms with E-state index in [1.165, 1.54) is 12.0 Å². The molecule has 0 nitrogen and oxygen atoms in total. The summed E-state index contributed by atoms with van der Waals surface area (Å²) in [5.74, 6) is 0.746. The van der Waals surface area contributed by atoms with Crippen molar-refractivity contribution in [3.8, 4) is 0 Å². The summed E-state index contributed by atoms with van der Waals surface area (Å²) >= 11 is 3.41. The van der Waals surface area contributed by atoms with Crippen LogP contribution in [-0.4, -0.2) is 0 Å². The van der Waals surface area contributed by atoms with Gasteiger partial charge in [-0.1, -0.05) is 55.8 Å². The fraction of sp³-hybridized carbons (Fsp3) is 0.500. The van der Waals surface area contributed by atoms with Crippen molar-refractivity contribution in [3.63, 3.8) is 0 Å². The van der Waals surface area contributed by atoms with Gasteiger partial charge in [-0.05, 0) is 30.0 Å². The molecule has 0 radical (unpaired) electrons. The number of hydrogen-bond acceptors (Lipinski definition) is 0. The zero-order chi connectivity index (χ0) is 10.3. The number of halogens is 1.